The molecule has 140 valence electrons. The first-order chi connectivity index (χ1) is 13.0. The number of rotatable bonds is 5. The second-order valence-corrected chi connectivity index (χ2v) is 7.21. The normalized spacial score (nSPS) is 11.7. The van der Waals surface area contributed by atoms with E-state index in [-0.39, 0.29) is 5.91 Å². The quantitative estimate of drug-likeness (QED) is 0.705. The number of ether oxygens (including phenoxy) is 1. The second kappa shape index (κ2) is 8.47. The van der Waals surface area contributed by atoms with Gasteiger partial charge in [-0.25, -0.2) is 0 Å². The molecule has 0 spiro atoms. The third kappa shape index (κ3) is 4.44. The van der Waals surface area contributed by atoms with Crippen molar-refractivity contribution in [2.45, 2.75) is 13.5 Å². The number of nitrogens with one attached hydrogen (secondary N) is 1. The van der Waals surface area contributed by atoms with Crippen LogP contribution in [0.15, 0.2) is 47.5 Å². The van der Waals surface area contributed by atoms with Gasteiger partial charge < -0.3 is 14.6 Å². The Labute approximate surface area is 165 Å². The first kappa shape index (κ1) is 19.3. The number of hydrogen-bond acceptors (Lipinski definition) is 4. The lowest BCUT2D eigenvalue weighted by Crippen LogP contribution is -2.19. The van der Waals surface area contributed by atoms with Crippen LogP contribution in [0, 0.1) is 0 Å². The Balaban J connectivity index is 2.10. The fourth-order valence-electron chi connectivity index (χ4n) is 2.62. The summed E-state index contributed by atoms with van der Waals surface area (Å²) < 4.78 is 8.02. The number of halogens is 1. The molecule has 0 bridgehead atoms. The minimum Gasteiger partial charge on any atom is -0.383 e. The van der Waals surface area contributed by atoms with Crippen LogP contribution in [0.4, 0.5) is 5.69 Å². The topological polar surface area (TPSA) is 72.7 Å². The van der Waals surface area contributed by atoms with E-state index in [1.54, 1.807) is 31.4 Å². The minimum atomic E-state index is -0.402. The molecule has 27 heavy (non-hydrogen) atoms. The smallest absolute Gasteiger partial charge is 0.281 e. The molecule has 2 aromatic carbocycles. The number of fused-ring (bicyclic) bond motifs is 1. The molecular formula is C19H18ClN3O3S. The van der Waals surface area contributed by atoms with E-state index >= 15 is 0 Å². The first-order valence-electron chi connectivity index (χ1n) is 8.23. The average molecular weight is 404 g/mol. The molecule has 0 atom stereocenters. The van der Waals surface area contributed by atoms with Gasteiger partial charge in [-0.15, -0.1) is 0 Å². The Morgan fingerprint density at radius 2 is 2.04 bits per heavy atom. The Morgan fingerprint density at radius 3 is 2.74 bits per heavy atom. The highest BCUT2D eigenvalue weighted by molar-refractivity contribution is 7.16. The van der Waals surface area contributed by atoms with Crippen LogP contribution in [0.3, 0.4) is 0 Å². The molecule has 0 aliphatic carbocycles. The third-order valence-electron chi connectivity index (χ3n) is 3.82. The van der Waals surface area contributed by atoms with Gasteiger partial charge in [-0.2, -0.15) is 4.99 Å². The molecule has 3 aromatic rings. The molecule has 0 saturated heterocycles. The van der Waals surface area contributed by atoms with Crippen LogP contribution in [0.2, 0.25) is 5.02 Å². The van der Waals surface area contributed by atoms with Crippen molar-refractivity contribution < 1.29 is 14.3 Å². The van der Waals surface area contributed by atoms with Gasteiger partial charge in [0.2, 0.25) is 5.91 Å². The Bertz CT molecular complexity index is 1070. The number of carbonyl (C=O) groups excluding carboxylic acids is 2. The molecule has 0 aliphatic rings. The molecule has 0 unspecified atom stereocenters. The number of carbonyl (C=O) groups is 2. The summed E-state index contributed by atoms with van der Waals surface area (Å²) >= 11 is 7.48. The maximum absolute atomic E-state index is 12.6. The van der Waals surface area contributed by atoms with Crippen molar-refractivity contribution in [3.63, 3.8) is 0 Å². The van der Waals surface area contributed by atoms with Crippen molar-refractivity contribution >= 4 is 50.7 Å². The molecule has 1 heterocycles. The van der Waals surface area contributed by atoms with E-state index in [0.717, 1.165) is 10.2 Å². The van der Waals surface area contributed by atoms with Gasteiger partial charge in [-0.1, -0.05) is 35.1 Å². The molecule has 1 aromatic heterocycles. The number of methoxy groups -OCH3 is 1. The fourth-order valence-corrected chi connectivity index (χ4v) is 3.93. The number of benzene rings is 2. The zero-order chi connectivity index (χ0) is 19.4. The van der Waals surface area contributed by atoms with E-state index in [4.69, 9.17) is 16.3 Å². The summed E-state index contributed by atoms with van der Waals surface area (Å²) in [4.78, 5) is 28.7. The Morgan fingerprint density at radius 1 is 1.26 bits per heavy atom. The molecule has 0 aliphatic heterocycles. The van der Waals surface area contributed by atoms with Crippen LogP contribution < -0.4 is 10.1 Å². The predicted molar refractivity (Wildman–Crippen MR) is 107 cm³/mol. The molecule has 8 heteroatoms. The van der Waals surface area contributed by atoms with Crippen LogP contribution in [0.25, 0.3) is 10.2 Å². The summed E-state index contributed by atoms with van der Waals surface area (Å²) in [5.74, 6) is -0.544. The van der Waals surface area contributed by atoms with Crippen LogP contribution in [-0.4, -0.2) is 30.1 Å². The molecule has 3 rings (SSSR count). The maximum Gasteiger partial charge on any atom is 0.281 e. The minimum absolute atomic E-state index is 0.142. The number of thiazole rings is 1. The van der Waals surface area contributed by atoms with Gasteiger partial charge in [0, 0.05) is 26.3 Å². The molecule has 0 fully saturated rings. The van der Waals surface area contributed by atoms with E-state index in [0.29, 0.717) is 34.2 Å². The SMILES string of the molecule is COCCn1c(=NC(=O)c2ccccc2Cl)sc2cc(NC(C)=O)ccc21. The number of nitrogens with zero attached hydrogens (tertiary/aromatic N) is 2. The van der Waals surface area contributed by atoms with Gasteiger partial charge in [0.15, 0.2) is 4.80 Å². The highest BCUT2D eigenvalue weighted by Gasteiger charge is 2.12. The molecule has 1 N–H and O–H groups in total. The molecule has 0 saturated carbocycles. The van der Waals surface area contributed by atoms with Crippen molar-refractivity contribution in [3.05, 3.63) is 57.9 Å². The fraction of sp³-hybridized carbons (Fsp3) is 0.211. The Hall–Kier alpha value is -2.48. The lowest BCUT2D eigenvalue weighted by Gasteiger charge is -2.06. The largest absolute Gasteiger partial charge is 0.383 e. The number of amides is 2. The van der Waals surface area contributed by atoms with Crippen LogP contribution >= 0.6 is 22.9 Å². The van der Waals surface area contributed by atoms with E-state index in [9.17, 15) is 9.59 Å². The van der Waals surface area contributed by atoms with E-state index in [1.165, 1.54) is 18.3 Å². The predicted octanol–water partition coefficient (Wildman–Crippen LogP) is 3.70. The summed E-state index contributed by atoms with van der Waals surface area (Å²) in [7, 11) is 1.62. The lowest BCUT2D eigenvalue weighted by molar-refractivity contribution is -0.114. The van der Waals surface area contributed by atoms with Gasteiger partial charge in [0.1, 0.15) is 0 Å². The van der Waals surface area contributed by atoms with Crippen molar-refractivity contribution in [1.82, 2.24) is 4.57 Å². The number of anilines is 1. The summed E-state index contributed by atoms with van der Waals surface area (Å²) in [6, 6.07) is 12.4. The van der Waals surface area contributed by atoms with Gasteiger partial charge in [0.25, 0.3) is 5.91 Å². The van der Waals surface area contributed by atoms with Gasteiger partial charge in [-0.3, -0.25) is 9.59 Å². The second-order valence-electron chi connectivity index (χ2n) is 5.79. The van der Waals surface area contributed by atoms with Gasteiger partial charge in [-0.05, 0) is 30.3 Å². The van der Waals surface area contributed by atoms with Gasteiger partial charge in [0.05, 0.1) is 27.4 Å². The summed E-state index contributed by atoms with van der Waals surface area (Å²) in [5, 5.41) is 3.13. The van der Waals surface area contributed by atoms with Crippen molar-refractivity contribution in [3.8, 4) is 0 Å². The summed E-state index contributed by atoms with van der Waals surface area (Å²) in [6.07, 6.45) is 0. The molecule has 6 nitrogen and oxygen atoms in total. The number of hydrogen-bond donors (Lipinski definition) is 1. The zero-order valence-corrected chi connectivity index (χ0v) is 16.4. The average Bonchev–Trinajstić information content (AvgIpc) is 2.95. The molecule has 0 radical (unpaired) electrons. The maximum atomic E-state index is 12.6. The highest BCUT2D eigenvalue weighted by atomic mass is 35.5. The van der Waals surface area contributed by atoms with E-state index < -0.39 is 5.91 Å². The number of aromatic nitrogens is 1. The van der Waals surface area contributed by atoms with Crippen LogP contribution in [0.1, 0.15) is 17.3 Å². The molecular weight excluding hydrogens is 386 g/mol. The summed E-state index contributed by atoms with van der Waals surface area (Å²) in [6.45, 7) is 2.48. The van der Waals surface area contributed by atoms with Crippen molar-refractivity contribution in [1.29, 1.82) is 0 Å². The highest BCUT2D eigenvalue weighted by Crippen LogP contribution is 2.22. The van der Waals surface area contributed by atoms with Crippen molar-refractivity contribution in [2.24, 2.45) is 4.99 Å². The van der Waals surface area contributed by atoms with Gasteiger partial charge >= 0.3 is 0 Å². The Kier molecular flexibility index (Phi) is 6.05. The van der Waals surface area contributed by atoms with E-state index in [1.807, 2.05) is 22.8 Å². The molecule has 2 amide bonds. The lowest BCUT2D eigenvalue weighted by atomic mass is 10.2. The van der Waals surface area contributed by atoms with Crippen LogP contribution in [-0.2, 0) is 16.1 Å². The third-order valence-corrected chi connectivity index (χ3v) is 5.19. The van der Waals surface area contributed by atoms with Crippen molar-refractivity contribution in [2.75, 3.05) is 19.0 Å². The monoisotopic (exact) mass is 403 g/mol. The first-order valence-corrected chi connectivity index (χ1v) is 9.42. The summed E-state index contributed by atoms with van der Waals surface area (Å²) in [5.41, 5.74) is 1.96. The van der Waals surface area contributed by atoms with E-state index in [2.05, 4.69) is 10.3 Å². The zero-order valence-electron chi connectivity index (χ0n) is 14.9. The van der Waals surface area contributed by atoms with Crippen LogP contribution in [0.5, 0.6) is 0 Å². The standard InChI is InChI=1S/C19H18ClN3O3S/c1-12(24)21-13-7-8-16-17(11-13)27-19(23(16)9-10-26-2)22-18(25)14-5-3-4-6-15(14)20/h3-8,11H,9-10H2,1-2H3,(H,21,24).